The minimum Gasteiger partial charge on any atom is -0.457 e. The maximum absolute atomic E-state index is 13.0. The van der Waals surface area contributed by atoms with Crippen LogP contribution in [0.3, 0.4) is 0 Å². The molecule has 0 spiro atoms. The van der Waals surface area contributed by atoms with Gasteiger partial charge >= 0.3 is 16.4 Å². The van der Waals surface area contributed by atoms with E-state index in [1.165, 1.54) is 70.6 Å². The van der Waals surface area contributed by atoms with E-state index in [9.17, 15) is 33.1 Å². The van der Waals surface area contributed by atoms with Gasteiger partial charge in [-0.25, -0.2) is 4.18 Å². The summed E-state index contributed by atoms with van der Waals surface area (Å²) in [7, 11) is -5.07. The van der Waals surface area contributed by atoms with Crippen molar-refractivity contribution in [1.82, 2.24) is 0 Å². The van der Waals surface area contributed by atoms with Crippen LogP contribution >= 0.6 is 0 Å². The van der Waals surface area contributed by atoms with Crippen molar-refractivity contribution in [2.75, 3.05) is 26.4 Å². The number of aliphatic hydroxyl groups excluding tert-OH is 3. The summed E-state index contributed by atoms with van der Waals surface area (Å²) in [6.07, 6.45) is 58.6. The normalized spacial score (nSPS) is 19.7. The Bertz CT molecular complexity index is 1620. The first kappa shape index (κ1) is 67.0. The molecule has 1 aliphatic heterocycles. The van der Waals surface area contributed by atoms with Crippen LogP contribution in [0.5, 0.6) is 0 Å². The van der Waals surface area contributed by atoms with E-state index >= 15 is 0 Å². The van der Waals surface area contributed by atoms with Gasteiger partial charge < -0.3 is 34.3 Å². The molecule has 0 bridgehead atoms. The Balaban J connectivity index is 2.32. The highest BCUT2D eigenvalue weighted by Crippen LogP contribution is 2.26. The van der Waals surface area contributed by atoms with Crippen molar-refractivity contribution >= 4 is 16.4 Å². The predicted octanol–water partition coefficient (Wildman–Crippen LogP) is 13.8. The Morgan fingerprint density at radius 2 is 0.917 bits per heavy atom. The van der Waals surface area contributed by atoms with Crippen LogP contribution in [0.4, 0.5) is 0 Å². The molecule has 0 amide bonds. The zero-order chi connectivity index (χ0) is 52.4. The van der Waals surface area contributed by atoms with Crippen LogP contribution in [0.25, 0.3) is 0 Å². The number of rotatable bonds is 48. The fourth-order valence-electron chi connectivity index (χ4n) is 8.07. The molecule has 0 aliphatic carbocycles. The van der Waals surface area contributed by atoms with Crippen molar-refractivity contribution in [1.29, 1.82) is 0 Å². The van der Waals surface area contributed by atoms with Crippen LogP contribution < -0.4 is 0 Å². The standard InChI is InChI=1S/C59H100O12S/c1-3-5-7-9-11-13-15-17-19-21-23-25-26-27-28-29-30-32-34-36-38-40-42-44-46-48-55(61)69-53(52-68-59-57(63)58(71-72(64,65)66)56(62)54(50-60)70-59)51-67-49-47-45-43-41-39-37-35-33-31-24-22-20-18-16-14-12-10-8-6-4-2/h5-8,11-14,17-20,23-25,31,53-54,56-60,62-63H,3-4,9-10,15-16,21-22,26-30,32-52H2,1-2H3,(H,64,65,66)/b7-5-,8-6-,13-11-,14-12-,19-17-,20-18-,25-23-,31-24-. The third-order valence-electron chi connectivity index (χ3n) is 12.2. The van der Waals surface area contributed by atoms with E-state index in [-0.39, 0.29) is 19.6 Å². The van der Waals surface area contributed by atoms with E-state index in [1.54, 1.807) is 0 Å². The second-order valence-electron chi connectivity index (χ2n) is 18.8. The van der Waals surface area contributed by atoms with Crippen LogP contribution in [0.1, 0.15) is 206 Å². The average Bonchev–Trinajstić information content (AvgIpc) is 3.36. The van der Waals surface area contributed by atoms with Crippen molar-refractivity contribution in [3.8, 4) is 0 Å². The average molecular weight is 1030 g/mol. The molecule has 6 unspecified atom stereocenters. The minimum absolute atomic E-state index is 0.0227. The molecule has 1 heterocycles. The Kier molecular flexibility index (Phi) is 45.6. The van der Waals surface area contributed by atoms with Gasteiger partial charge in [0.25, 0.3) is 0 Å². The highest BCUT2D eigenvalue weighted by molar-refractivity contribution is 7.80. The number of carbonyl (C=O) groups is 1. The summed E-state index contributed by atoms with van der Waals surface area (Å²) < 4.78 is 59.4. The largest absolute Gasteiger partial charge is 0.457 e. The molecule has 0 aromatic rings. The highest BCUT2D eigenvalue weighted by Gasteiger charge is 2.48. The Morgan fingerprint density at radius 3 is 1.33 bits per heavy atom. The number of carbonyl (C=O) groups excluding carboxylic acids is 1. The summed E-state index contributed by atoms with van der Waals surface area (Å²) in [6.45, 7) is 3.75. The van der Waals surface area contributed by atoms with Gasteiger partial charge in [-0.3, -0.25) is 9.35 Å². The third-order valence-corrected chi connectivity index (χ3v) is 12.7. The van der Waals surface area contributed by atoms with Crippen LogP contribution in [0, 0.1) is 0 Å². The fraction of sp³-hybridized carbons (Fsp3) is 0.712. The molecule has 4 N–H and O–H groups in total. The maximum atomic E-state index is 13.0. The van der Waals surface area contributed by atoms with Gasteiger partial charge in [-0.15, -0.1) is 0 Å². The summed E-state index contributed by atoms with van der Waals surface area (Å²) in [5.74, 6) is -0.408. The van der Waals surface area contributed by atoms with Crippen molar-refractivity contribution in [3.63, 3.8) is 0 Å². The molecule has 1 saturated heterocycles. The van der Waals surface area contributed by atoms with Crippen LogP contribution in [-0.4, -0.2) is 97.5 Å². The van der Waals surface area contributed by atoms with E-state index in [4.69, 9.17) is 18.9 Å². The first-order valence-electron chi connectivity index (χ1n) is 28.0. The Hall–Kier alpha value is -2.98. The van der Waals surface area contributed by atoms with Gasteiger partial charge in [0.15, 0.2) is 6.29 Å². The highest BCUT2D eigenvalue weighted by atomic mass is 32.3. The molecule has 0 aromatic carbocycles. The summed E-state index contributed by atoms with van der Waals surface area (Å²) in [5.41, 5.74) is 0. The number of unbranched alkanes of at least 4 members (excludes halogenated alkanes) is 19. The van der Waals surface area contributed by atoms with Crippen molar-refractivity contribution in [3.05, 3.63) is 97.2 Å². The molecule has 1 rings (SSSR count). The Morgan fingerprint density at radius 1 is 0.528 bits per heavy atom. The van der Waals surface area contributed by atoms with Gasteiger partial charge in [0.05, 0.1) is 19.8 Å². The molecule has 0 saturated carbocycles. The molecule has 12 nitrogen and oxygen atoms in total. The first-order chi connectivity index (χ1) is 35.1. The number of esters is 1. The predicted molar refractivity (Wildman–Crippen MR) is 294 cm³/mol. The van der Waals surface area contributed by atoms with Gasteiger partial charge in [0.1, 0.15) is 30.5 Å². The van der Waals surface area contributed by atoms with E-state index in [0.29, 0.717) is 13.0 Å². The Labute approximate surface area is 437 Å². The van der Waals surface area contributed by atoms with Gasteiger partial charge in [-0.05, 0) is 89.9 Å². The molecular weight excluding hydrogens is 933 g/mol. The summed E-state index contributed by atoms with van der Waals surface area (Å²) in [6, 6.07) is 0. The SMILES string of the molecule is CC/C=C\C/C=C\C/C=C\C/C=C\CCCCCCCCCCCCCCC(=O)OC(COCCCCCCCCC/C=C\C/C=C\C/C=C\C/C=C\CC)COC1OC(CO)C(O)C(OS(=O)(=O)O)C1O. The lowest BCUT2D eigenvalue weighted by Crippen LogP contribution is -2.60. The molecule has 0 aromatic heterocycles. The smallest absolute Gasteiger partial charge is 0.397 e. The molecule has 414 valence electrons. The van der Waals surface area contributed by atoms with Crippen LogP contribution in [0.2, 0.25) is 0 Å². The van der Waals surface area contributed by atoms with Gasteiger partial charge in [-0.1, -0.05) is 207 Å². The number of allylic oxidation sites excluding steroid dienone is 16. The van der Waals surface area contributed by atoms with E-state index in [0.717, 1.165) is 109 Å². The number of hydrogen-bond acceptors (Lipinski definition) is 11. The van der Waals surface area contributed by atoms with Crippen LogP contribution in [0.15, 0.2) is 97.2 Å². The molecule has 72 heavy (non-hydrogen) atoms. The maximum Gasteiger partial charge on any atom is 0.397 e. The number of aliphatic hydroxyl groups is 3. The topological polar surface area (TPSA) is 178 Å². The fourth-order valence-corrected chi connectivity index (χ4v) is 8.58. The zero-order valence-electron chi connectivity index (χ0n) is 44.7. The second-order valence-corrected chi connectivity index (χ2v) is 19.8. The lowest BCUT2D eigenvalue weighted by atomic mass is 9.99. The second kappa shape index (κ2) is 48.9. The zero-order valence-corrected chi connectivity index (χ0v) is 45.5. The summed E-state index contributed by atoms with van der Waals surface area (Å²) in [5, 5.41) is 30.8. The van der Waals surface area contributed by atoms with Gasteiger partial charge in [0.2, 0.25) is 0 Å². The van der Waals surface area contributed by atoms with Crippen molar-refractivity contribution in [2.24, 2.45) is 0 Å². The first-order valence-corrected chi connectivity index (χ1v) is 29.4. The van der Waals surface area contributed by atoms with Gasteiger partial charge in [0, 0.05) is 13.0 Å². The monoisotopic (exact) mass is 1030 g/mol. The van der Waals surface area contributed by atoms with Crippen LogP contribution in [-0.2, 0) is 38.3 Å². The lowest BCUT2D eigenvalue weighted by molar-refractivity contribution is -0.301. The summed E-state index contributed by atoms with van der Waals surface area (Å²) in [4.78, 5) is 13.0. The van der Waals surface area contributed by atoms with Crippen molar-refractivity contribution < 1.29 is 56.2 Å². The molecule has 1 aliphatic rings. The van der Waals surface area contributed by atoms with Gasteiger partial charge in [-0.2, -0.15) is 8.42 Å². The number of ether oxygens (including phenoxy) is 4. The van der Waals surface area contributed by atoms with E-state index < -0.39 is 59.8 Å². The third kappa shape index (κ3) is 41.4. The molecule has 6 atom stereocenters. The molecule has 13 heteroatoms. The van der Waals surface area contributed by atoms with Crippen molar-refractivity contribution in [2.45, 2.75) is 243 Å². The molecular formula is C59H100O12S. The minimum atomic E-state index is -5.07. The number of hydrogen-bond donors (Lipinski definition) is 4. The lowest BCUT2D eigenvalue weighted by Gasteiger charge is -2.41. The molecule has 1 fully saturated rings. The quantitative estimate of drug-likeness (QED) is 0.0196. The summed E-state index contributed by atoms with van der Waals surface area (Å²) >= 11 is 0. The van der Waals surface area contributed by atoms with E-state index in [1.807, 2.05) is 0 Å². The molecule has 0 radical (unpaired) electrons. The van der Waals surface area contributed by atoms with E-state index in [2.05, 4.69) is 115 Å².